The quantitative estimate of drug-likeness (QED) is 0.654. The standard InChI is InChI=1S/C16H12ClNO/c1-11-4-7-16(14(17)9-11)19-13-5-6-15-12(10-13)3-2-8-18-15/h2-10H,1H3. The van der Waals surface area contributed by atoms with Gasteiger partial charge in [-0.3, -0.25) is 4.98 Å². The van der Waals surface area contributed by atoms with Gasteiger partial charge in [-0.2, -0.15) is 0 Å². The molecule has 94 valence electrons. The summed E-state index contributed by atoms with van der Waals surface area (Å²) in [4.78, 5) is 4.28. The molecule has 0 atom stereocenters. The Hall–Kier alpha value is -2.06. The summed E-state index contributed by atoms with van der Waals surface area (Å²) >= 11 is 6.16. The fourth-order valence-electron chi connectivity index (χ4n) is 1.93. The molecule has 0 N–H and O–H groups in total. The zero-order chi connectivity index (χ0) is 13.2. The Morgan fingerprint density at radius 2 is 1.95 bits per heavy atom. The number of pyridine rings is 1. The number of benzene rings is 2. The van der Waals surface area contributed by atoms with Crippen LogP contribution < -0.4 is 4.74 Å². The van der Waals surface area contributed by atoms with Crippen LogP contribution in [0.4, 0.5) is 0 Å². The third-order valence-electron chi connectivity index (χ3n) is 2.89. The van der Waals surface area contributed by atoms with Crippen LogP contribution in [0.15, 0.2) is 54.7 Å². The summed E-state index contributed by atoms with van der Waals surface area (Å²) in [7, 11) is 0. The van der Waals surface area contributed by atoms with Crippen molar-refractivity contribution in [2.45, 2.75) is 6.92 Å². The highest BCUT2D eigenvalue weighted by Gasteiger charge is 2.04. The van der Waals surface area contributed by atoms with Crippen molar-refractivity contribution in [2.75, 3.05) is 0 Å². The first-order chi connectivity index (χ1) is 9.22. The van der Waals surface area contributed by atoms with E-state index in [4.69, 9.17) is 16.3 Å². The van der Waals surface area contributed by atoms with Gasteiger partial charge in [0.2, 0.25) is 0 Å². The first kappa shape index (κ1) is 12.0. The monoisotopic (exact) mass is 269 g/mol. The summed E-state index contributed by atoms with van der Waals surface area (Å²) in [5.41, 5.74) is 2.06. The van der Waals surface area contributed by atoms with Gasteiger partial charge in [0.1, 0.15) is 11.5 Å². The Morgan fingerprint density at radius 1 is 1.05 bits per heavy atom. The third kappa shape index (κ3) is 2.54. The van der Waals surface area contributed by atoms with Gasteiger partial charge < -0.3 is 4.74 Å². The van der Waals surface area contributed by atoms with E-state index in [2.05, 4.69) is 4.98 Å². The van der Waals surface area contributed by atoms with Crippen LogP contribution >= 0.6 is 11.6 Å². The van der Waals surface area contributed by atoms with Crippen molar-refractivity contribution >= 4 is 22.5 Å². The van der Waals surface area contributed by atoms with Crippen LogP contribution in [-0.2, 0) is 0 Å². The van der Waals surface area contributed by atoms with E-state index in [9.17, 15) is 0 Å². The molecule has 0 aliphatic rings. The average Bonchev–Trinajstić information content (AvgIpc) is 2.42. The van der Waals surface area contributed by atoms with Crippen molar-refractivity contribution in [3.63, 3.8) is 0 Å². The van der Waals surface area contributed by atoms with Crippen LogP contribution in [0.5, 0.6) is 11.5 Å². The highest BCUT2D eigenvalue weighted by molar-refractivity contribution is 6.32. The molecular formula is C16H12ClNO. The molecule has 0 saturated carbocycles. The summed E-state index contributed by atoms with van der Waals surface area (Å²) in [5.74, 6) is 1.42. The van der Waals surface area contributed by atoms with Gasteiger partial charge in [-0.1, -0.05) is 23.7 Å². The van der Waals surface area contributed by atoms with Crippen LogP contribution in [0, 0.1) is 6.92 Å². The number of ether oxygens (including phenoxy) is 1. The van der Waals surface area contributed by atoms with Gasteiger partial charge in [0.25, 0.3) is 0 Å². The topological polar surface area (TPSA) is 22.1 Å². The summed E-state index contributed by atoms with van der Waals surface area (Å²) in [6.07, 6.45) is 1.78. The van der Waals surface area contributed by atoms with E-state index in [0.29, 0.717) is 10.8 Å². The molecule has 0 saturated heterocycles. The van der Waals surface area contributed by atoms with Gasteiger partial charge in [0.15, 0.2) is 0 Å². The Morgan fingerprint density at radius 3 is 2.79 bits per heavy atom. The zero-order valence-corrected chi connectivity index (χ0v) is 11.2. The highest BCUT2D eigenvalue weighted by Crippen LogP contribution is 2.31. The van der Waals surface area contributed by atoms with Crippen LogP contribution in [0.25, 0.3) is 10.9 Å². The molecule has 0 unspecified atom stereocenters. The summed E-state index contributed by atoms with van der Waals surface area (Å²) in [5, 5.41) is 1.66. The van der Waals surface area contributed by atoms with Crippen molar-refractivity contribution in [3.05, 3.63) is 65.3 Å². The molecule has 0 bridgehead atoms. The molecule has 0 spiro atoms. The van der Waals surface area contributed by atoms with Gasteiger partial charge in [-0.15, -0.1) is 0 Å². The predicted octanol–water partition coefficient (Wildman–Crippen LogP) is 4.99. The lowest BCUT2D eigenvalue weighted by atomic mass is 10.2. The van der Waals surface area contributed by atoms with Gasteiger partial charge in [0.05, 0.1) is 10.5 Å². The normalized spacial score (nSPS) is 10.6. The van der Waals surface area contributed by atoms with E-state index in [1.54, 1.807) is 6.20 Å². The molecule has 1 heterocycles. The minimum Gasteiger partial charge on any atom is -0.456 e. The molecule has 2 nitrogen and oxygen atoms in total. The molecule has 3 rings (SSSR count). The summed E-state index contributed by atoms with van der Waals surface area (Å²) < 4.78 is 5.81. The number of hydrogen-bond acceptors (Lipinski definition) is 2. The van der Waals surface area contributed by atoms with Crippen molar-refractivity contribution in [1.82, 2.24) is 4.98 Å². The molecule has 3 heteroatoms. The number of hydrogen-bond donors (Lipinski definition) is 0. The third-order valence-corrected chi connectivity index (χ3v) is 3.19. The number of nitrogens with zero attached hydrogens (tertiary/aromatic N) is 1. The van der Waals surface area contributed by atoms with Gasteiger partial charge in [0, 0.05) is 11.6 Å². The second-order valence-corrected chi connectivity index (χ2v) is 4.80. The Kier molecular flexibility index (Phi) is 3.10. The van der Waals surface area contributed by atoms with Crippen LogP contribution in [-0.4, -0.2) is 4.98 Å². The maximum absolute atomic E-state index is 6.16. The fraction of sp³-hybridized carbons (Fsp3) is 0.0625. The second kappa shape index (κ2) is 4.90. The van der Waals surface area contributed by atoms with E-state index in [-0.39, 0.29) is 0 Å². The molecular weight excluding hydrogens is 258 g/mol. The van der Waals surface area contributed by atoms with Crippen molar-refractivity contribution in [2.24, 2.45) is 0 Å². The second-order valence-electron chi connectivity index (χ2n) is 4.39. The number of halogens is 1. The van der Waals surface area contributed by atoms with Gasteiger partial charge in [-0.05, 0) is 48.9 Å². The maximum atomic E-state index is 6.16. The Bertz CT molecular complexity index is 740. The van der Waals surface area contributed by atoms with E-state index in [1.807, 2.05) is 55.5 Å². The van der Waals surface area contributed by atoms with Crippen LogP contribution in [0.2, 0.25) is 5.02 Å². The molecule has 0 radical (unpaired) electrons. The molecule has 1 aromatic heterocycles. The highest BCUT2D eigenvalue weighted by atomic mass is 35.5. The zero-order valence-electron chi connectivity index (χ0n) is 10.4. The Balaban J connectivity index is 1.96. The minimum atomic E-state index is 0.617. The van der Waals surface area contributed by atoms with Gasteiger partial charge >= 0.3 is 0 Å². The first-order valence-corrected chi connectivity index (χ1v) is 6.39. The molecule has 0 aliphatic carbocycles. The molecule has 0 aliphatic heterocycles. The lowest BCUT2D eigenvalue weighted by Crippen LogP contribution is -1.87. The van der Waals surface area contributed by atoms with Crippen molar-refractivity contribution in [1.29, 1.82) is 0 Å². The lowest BCUT2D eigenvalue weighted by Gasteiger charge is -2.08. The molecule has 2 aromatic carbocycles. The van der Waals surface area contributed by atoms with Crippen molar-refractivity contribution < 1.29 is 4.74 Å². The number of fused-ring (bicyclic) bond motifs is 1. The lowest BCUT2D eigenvalue weighted by molar-refractivity contribution is 0.483. The predicted molar refractivity (Wildman–Crippen MR) is 78.0 cm³/mol. The Labute approximate surface area is 116 Å². The molecule has 3 aromatic rings. The van der Waals surface area contributed by atoms with Gasteiger partial charge in [-0.25, -0.2) is 0 Å². The van der Waals surface area contributed by atoms with E-state index in [1.165, 1.54) is 0 Å². The first-order valence-electron chi connectivity index (χ1n) is 6.01. The molecule has 0 amide bonds. The largest absolute Gasteiger partial charge is 0.456 e. The fourth-order valence-corrected chi connectivity index (χ4v) is 2.21. The van der Waals surface area contributed by atoms with E-state index >= 15 is 0 Å². The summed E-state index contributed by atoms with van der Waals surface area (Å²) in [6, 6.07) is 15.4. The van der Waals surface area contributed by atoms with Crippen LogP contribution in [0.1, 0.15) is 5.56 Å². The number of aromatic nitrogens is 1. The van der Waals surface area contributed by atoms with Crippen molar-refractivity contribution in [3.8, 4) is 11.5 Å². The summed E-state index contributed by atoms with van der Waals surface area (Å²) in [6.45, 7) is 2.00. The molecule has 0 fully saturated rings. The SMILES string of the molecule is Cc1ccc(Oc2ccc3ncccc3c2)c(Cl)c1. The smallest absolute Gasteiger partial charge is 0.146 e. The number of rotatable bonds is 2. The van der Waals surface area contributed by atoms with E-state index < -0.39 is 0 Å². The molecule has 19 heavy (non-hydrogen) atoms. The van der Waals surface area contributed by atoms with E-state index in [0.717, 1.165) is 22.2 Å². The average molecular weight is 270 g/mol. The number of aryl methyl sites for hydroxylation is 1. The minimum absolute atomic E-state index is 0.617. The van der Waals surface area contributed by atoms with Crippen LogP contribution in [0.3, 0.4) is 0 Å². The maximum Gasteiger partial charge on any atom is 0.146 e.